The maximum atomic E-state index is 14.1. The van der Waals surface area contributed by atoms with Gasteiger partial charge in [-0.1, -0.05) is 56.3 Å². The summed E-state index contributed by atoms with van der Waals surface area (Å²) in [5.74, 6) is -2.52. The first-order valence-electron chi connectivity index (χ1n) is 17.9. The van der Waals surface area contributed by atoms with Gasteiger partial charge in [0, 0.05) is 49.2 Å². The van der Waals surface area contributed by atoms with E-state index in [1.54, 1.807) is 42.7 Å². The number of hydrogen-bond donors (Lipinski definition) is 1. The summed E-state index contributed by atoms with van der Waals surface area (Å²) in [5, 5.41) is 12.4. The summed E-state index contributed by atoms with van der Waals surface area (Å²) in [6, 6.07) is 21.9. The van der Waals surface area contributed by atoms with Crippen LogP contribution in [-0.2, 0) is 23.8 Å². The average molecular weight is 722 g/mol. The summed E-state index contributed by atoms with van der Waals surface area (Å²) in [5.41, 5.74) is -1.13. The van der Waals surface area contributed by atoms with Crippen molar-refractivity contribution in [2.24, 2.45) is 22.7 Å². The maximum absolute atomic E-state index is 14.1. The monoisotopic (exact) mass is 721 g/mol. The van der Waals surface area contributed by atoms with E-state index in [0.29, 0.717) is 24.0 Å². The Hall–Kier alpha value is -5.29. The fraction of sp³-hybridized carbons (Fsp3) is 0.405. The summed E-state index contributed by atoms with van der Waals surface area (Å²) >= 11 is 0. The Morgan fingerprint density at radius 1 is 0.887 bits per heavy atom. The molecule has 2 aromatic carbocycles. The normalized spacial score (nSPS) is 30.0. The highest BCUT2D eigenvalue weighted by atomic mass is 16.6. The average Bonchev–Trinajstić information content (AvgIpc) is 3.13. The van der Waals surface area contributed by atoms with Crippen molar-refractivity contribution in [1.82, 2.24) is 4.98 Å². The van der Waals surface area contributed by atoms with Crippen molar-refractivity contribution in [2.45, 2.75) is 77.8 Å². The number of hydrogen-bond acceptors (Lipinski definition) is 11. The molecule has 276 valence electrons. The van der Waals surface area contributed by atoms with E-state index in [2.05, 4.69) is 4.98 Å². The summed E-state index contributed by atoms with van der Waals surface area (Å²) in [6.07, 6.45) is 1.20. The molecule has 7 rings (SSSR count). The van der Waals surface area contributed by atoms with Crippen LogP contribution >= 0.6 is 0 Å². The zero-order valence-electron chi connectivity index (χ0n) is 30.4. The molecule has 1 N–H and O–H groups in total. The topological polar surface area (TPSA) is 151 Å². The smallest absolute Gasteiger partial charge is 0.345 e. The molecule has 1 aliphatic heterocycles. The third-order valence-corrected chi connectivity index (χ3v) is 11.9. The van der Waals surface area contributed by atoms with E-state index < -0.39 is 70.1 Å². The summed E-state index contributed by atoms with van der Waals surface area (Å²) in [7, 11) is 0. The zero-order chi connectivity index (χ0) is 37.7. The van der Waals surface area contributed by atoms with Gasteiger partial charge < -0.3 is 28.5 Å². The fourth-order valence-electron chi connectivity index (χ4n) is 9.46. The van der Waals surface area contributed by atoms with Crippen LogP contribution in [0.3, 0.4) is 0 Å². The molecule has 0 bridgehead atoms. The first-order valence-corrected chi connectivity index (χ1v) is 17.9. The lowest BCUT2D eigenvalue weighted by molar-refractivity contribution is -0.266. The number of fused-ring (bicyclic) bond motifs is 4. The highest BCUT2D eigenvalue weighted by molar-refractivity contribution is 5.90. The van der Waals surface area contributed by atoms with Crippen molar-refractivity contribution >= 4 is 17.9 Å². The van der Waals surface area contributed by atoms with Crippen molar-refractivity contribution in [3.8, 4) is 28.2 Å². The third-order valence-electron chi connectivity index (χ3n) is 11.9. The van der Waals surface area contributed by atoms with Crippen LogP contribution in [0.15, 0.2) is 94.4 Å². The van der Waals surface area contributed by atoms with Crippen molar-refractivity contribution < 1.29 is 42.9 Å². The molecular formula is C42H43NO10. The first-order chi connectivity index (χ1) is 25.2. The summed E-state index contributed by atoms with van der Waals surface area (Å²) < 4.78 is 30.5. The van der Waals surface area contributed by atoms with Crippen molar-refractivity contribution in [3.63, 3.8) is 0 Å². The largest absolute Gasteiger partial charge is 0.482 e. The Labute approximate surface area is 307 Å². The van der Waals surface area contributed by atoms with Crippen LogP contribution in [0, 0.1) is 22.7 Å². The number of aromatic nitrogens is 1. The Bertz CT molecular complexity index is 2080. The van der Waals surface area contributed by atoms with E-state index in [1.807, 2.05) is 63.2 Å². The number of rotatable bonds is 7. The predicted octanol–water partition coefficient (Wildman–Crippen LogP) is 6.72. The molecule has 0 amide bonds. The number of pyridine rings is 1. The molecule has 0 spiro atoms. The number of aliphatic hydroxyl groups excluding tert-OH is 1. The minimum Gasteiger partial charge on any atom is -0.482 e. The second kappa shape index (κ2) is 13.6. The number of carbonyl (C=O) groups is 3. The van der Waals surface area contributed by atoms with Crippen LogP contribution in [0.25, 0.3) is 22.5 Å². The van der Waals surface area contributed by atoms with Gasteiger partial charge in [0.1, 0.15) is 41.5 Å². The van der Waals surface area contributed by atoms with E-state index in [1.165, 1.54) is 13.8 Å². The Morgan fingerprint density at radius 2 is 1.58 bits per heavy atom. The number of esters is 3. The molecule has 3 aliphatic rings. The SMILES string of the molecule is CC(=O)OC[C@@]1(C)[C@@H]2C[C@H](OC(=O)c3ccc(-c4ccccc4)cc3)[C@@]3(C)Oc4cc(-c5cccnc5)oc(=O)c4[C@H](O)[C@@H]3[C@@]2(C)CC[C@@H]1OC(C)=O. The zero-order valence-corrected chi connectivity index (χ0v) is 30.4. The molecule has 3 heterocycles. The fourth-order valence-corrected chi connectivity index (χ4v) is 9.46. The highest BCUT2D eigenvalue weighted by Gasteiger charge is 2.71. The van der Waals surface area contributed by atoms with Gasteiger partial charge >= 0.3 is 23.5 Å². The lowest BCUT2D eigenvalue weighted by atomic mass is 9.42. The van der Waals surface area contributed by atoms with Gasteiger partial charge in [-0.15, -0.1) is 0 Å². The van der Waals surface area contributed by atoms with Gasteiger partial charge in [0.15, 0.2) is 0 Å². The minimum atomic E-state index is -1.40. The molecule has 2 saturated carbocycles. The van der Waals surface area contributed by atoms with E-state index in [-0.39, 0.29) is 30.1 Å². The van der Waals surface area contributed by atoms with Crippen LogP contribution in [0.5, 0.6) is 5.75 Å². The highest BCUT2D eigenvalue weighted by Crippen LogP contribution is 2.67. The van der Waals surface area contributed by atoms with Crippen molar-refractivity contribution in [2.75, 3.05) is 6.61 Å². The molecule has 11 nitrogen and oxygen atoms in total. The van der Waals surface area contributed by atoms with Gasteiger partial charge in [-0.05, 0) is 72.9 Å². The van der Waals surface area contributed by atoms with Crippen LogP contribution < -0.4 is 10.4 Å². The molecular weight excluding hydrogens is 678 g/mol. The van der Waals surface area contributed by atoms with Crippen LogP contribution in [0.2, 0.25) is 0 Å². The van der Waals surface area contributed by atoms with Gasteiger partial charge in [-0.2, -0.15) is 0 Å². The molecule has 53 heavy (non-hydrogen) atoms. The third kappa shape index (κ3) is 6.30. The quantitative estimate of drug-likeness (QED) is 0.160. The lowest BCUT2D eigenvalue weighted by Crippen LogP contribution is -2.71. The number of ether oxygens (including phenoxy) is 4. The Balaban J connectivity index is 1.33. The van der Waals surface area contributed by atoms with E-state index in [4.69, 9.17) is 23.4 Å². The van der Waals surface area contributed by atoms with Gasteiger partial charge in [0.25, 0.3) is 0 Å². The number of carbonyl (C=O) groups excluding carboxylic acids is 3. The number of nitrogens with zero attached hydrogens (tertiary/aromatic N) is 1. The van der Waals surface area contributed by atoms with Crippen LogP contribution in [0.1, 0.15) is 75.9 Å². The van der Waals surface area contributed by atoms with Gasteiger partial charge in [-0.3, -0.25) is 14.6 Å². The maximum Gasteiger partial charge on any atom is 0.345 e. The first kappa shape index (κ1) is 36.1. The van der Waals surface area contributed by atoms with Crippen molar-refractivity contribution in [1.29, 1.82) is 0 Å². The van der Waals surface area contributed by atoms with Gasteiger partial charge in [0.05, 0.1) is 11.7 Å². The minimum absolute atomic E-state index is 0.0348. The standard InChI is InChI=1S/C42H43NO10/c1-24(44)49-23-41(4)32-21-34(52-38(47)28-15-13-27(14-16-28)26-10-7-6-8-11-26)42(5)37(40(32,3)18-17-33(41)50-25(2)45)36(46)35-31(53-42)20-30(51-39(35)48)29-12-9-19-43-22-29/h6-16,19-20,22,32-34,36-37,46H,17-18,21,23H2,1-5H3/t32-,33+,34+,36+,37-,40+,41+,42-/m1/s1. The van der Waals surface area contributed by atoms with Gasteiger partial charge in [0.2, 0.25) is 0 Å². The second-order valence-corrected chi connectivity index (χ2v) is 15.2. The molecule has 8 atom stereocenters. The van der Waals surface area contributed by atoms with E-state index in [9.17, 15) is 24.3 Å². The van der Waals surface area contributed by atoms with Crippen LogP contribution in [-0.4, -0.2) is 52.4 Å². The Kier molecular flexibility index (Phi) is 9.26. The van der Waals surface area contributed by atoms with Crippen molar-refractivity contribution in [3.05, 3.63) is 107 Å². The molecule has 4 aromatic rings. The molecule has 2 aliphatic carbocycles. The molecule has 0 unspecified atom stereocenters. The predicted molar refractivity (Wildman–Crippen MR) is 193 cm³/mol. The molecule has 0 radical (unpaired) electrons. The lowest BCUT2D eigenvalue weighted by Gasteiger charge is -2.66. The summed E-state index contributed by atoms with van der Waals surface area (Å²) in [4.78, 5) is 56.5. The summed E-state index contributed by atoms with van der Waals surface area (Å²) in [6.45, 7) is 8.28. The number of benzene rings is 2. The van der Waals surface area contributed by atoms with E-state index >= 15 is 0 Å². The molecule has 0 saturated heterocycles. The Morgan fingerprint density at radius 3 is 2.25 bits per heavy atom. The molecule has 2 fully saturated rings. The van der Waals surface area contributed by atoms with Gasteiger partial charge in [-0.25, -0.2) is 9.59 Å². The molecule has 11 heteroatoms. The van der Waals surface area contributed by atoms with E-state index in [0.717, 1.165) is 11.1 Å². The molecule has 2 aromatic heterocycles. The second-order valence-electron chi connectivity index (χ2n) is 15.2. The van der Waals surface area contributed by atoms with Crippen LogP contribution in [0.4, 0.5) is 0 Å². The number of aliphatic hydroxyl groups is 1.